The number of aromatic nitrogens is 1. The standard InChI is InChI=1S/C23H13Cl2F2NO3/c1-31-23(30)12-9-16(26)20(17(27)10-12)13-11-19(28-8-3-2-7-18(13)28)22(29)21-14(24)5-4-6-15(21)25/h2-11H,1H3. The Morgan fingerprint density at radius 3 is 2.19 bits per heavy atom. The molecule has 0 fully saturated rings. The molecule has 0 aliphatic carbocycles. The highest BCUT2D eigenvalue weighted by Crippen LogP contribution is 2.35. The van der Waals surface area contributed by atoms with Gasteiger partial charge in [-0.15, -0.1) is 0 Å². The summed E-state index contributed by atoms with van der Waals surface area (Å²) in [6.45, 7) is 0. The topological polar surface area (TPSA) is 47.8 Å². The summed E-state index contributed by atoms with van der Waals surface area (Å²) in [4.78, 5) is 24.9. The molecular weight excluding hydrogens is 447 g/mol. The van der Waals surface area contributed by atoms with Crippen LogP contribution >= 0.6 is 23.2 Å². The van der Waals surface area contributed by atoms with Crippen LogP contribution in [-0.4, -0.2) is 23.3 Å². The molecule has 0 saturated heterocycles. The predicted molar refractivity (Wildman–Crippen MR) is 114 cm³/mol. The summed E-state index contributed by atoms with van der Waals surface area (Å²) in [7, 11) is 1.12. The summed E-state index contributed by atoms with van der Waals surface area (Å²) in [5, 5.41) is 0.314. The van der Waals surface area contributed by atoms with Crippen LogP contribution in [0.4, 0.5) is 8.78 Å². The van der Waals surface area contributed by atoms with E-state index in [1.807, 2.05) is 0 Å². The second-order valence-electron chi connectivity index (χ2n) is 6.63. The molecule has 4 nitrogen and oxygen atoms in total. The van der Waals surface area contributed by atoms with E-state index < -0.39 is 23.4 Å². The van der Waals surface area contributed by atoms with Crippen molar-refractivity contribution in [3.63, 3.8) is 0 Å². The number of carbonyl (C=O) groups excluding carboxylic acids is 2. The lowest BCUT2D eigenvalue weighted by atomic mass is 10.0. The van der Waals surface area contributed by atoms with Crippen molar-refractivity contribution < 1.29 is 23.1 Å². The van der Waals surface area contributed by atoms with Crippen molar-refractivity contribution in [2.45, 2.75) is 0 Å². The maximum atomic E-state index is 14.9. The Morgan fingerprint density at radius 2 is 1.58 bits per heavy atom. The average Bonchev–Trinajstić information content (AvgIpc) is 3.12. The minimum absolute atomic E-state index is 0.0858. The van der Waals surface area contributed by atoms with Crippen molar-refractivity contribution in [1.82, 2.24) is 4.40 Å². The van der Waals surface area contributed by atoms with Crippen LogP contribution in [-0.2, 0) is 4.74 Å². The first kappa shape index (κ1) is 21.0. The number of benzene rings is 2. The number of fused-ring (bicyclic) bond motifs is 1. The minimum Gasteiger partial charge on any atom is -0.465 e. The van der Waals surface area contributed by atoms with Gasteiger partial charge in [0.05, 0.1) is 45.1 Å². The molecule has 2 heterocycles. The number of hydrogen-bond donors (Lipinski definition) is 0. The van der Waals surface area contributed by atoms with E-state index in [9.17, 15) is 18.4 Å². The van der Waals surface area contributed by atoms with E-state index in [0.29, 0.717) is 5.52 Å². The number of rotatable bonds is 4. The molecule has 156 valence electrons. The van der Waals surface area contributed by atoms with Gasteiger partial charge in [0.15, 0.2) is 0 Å². The van der Waals surface area contributed by atoms with Crippen molar-refractivity contribution in [3.05, 3.63) is 99.3 Å². The first-order valence-corrected chi connectivity index (χ1v) is 9.75. The third-order valence-corrected chi connectivity index (χ3v) is 5.46. The zero-order valence-corrected chi connectivity index (χ0v) is 17.5. The highest BCUT2D eigenvalue weighted by Gasteiger charge is 2.25. The number of hydrogen-bond acceptors (Lipinski definition) is 3. The van der Waals surface area contributed by atoms with Crippen LogP contribution in [0, 0.1) is 11.6 Å². The fraction of sp³-hybridized carbons (Fsp3) is 0.0435. The van der Waals surface area contributed by atoms with Gasteiger partial charge in [0, 0.05) is 11.8 Å². The number of esters is 1. The van der Waals surface area contributed by atoms with E-state index in [0.717, 1.165) is 19.2 Å². The summed E-state index contributed by atoms with van der Waals surface area (Å²) in [5.74, 6) is -3.30. The molecular formula is C23H13Cl2F2NO3. The van der Waals surface area contributed by atoms with Crippen LogP contribution < -0.4 is 0 Å². The highest BCUT2D eigenvalue weighted by molar-refractivity contribution is 6.41. The van der Waals surface area contributed by atoms with E-state index in [1.165, 1.54) is 22.6 Å². The zero-order chi connectivity index (χ0) is 22.3. The summed E-state index contributed by atoms with van der Waals surface area (Å²) in [6.07, 6.45) is 1.59. The Hall–Kier alpha value is -3.22. The predicted octanol–water partition coefficient (Wildman–Crippen LogP) is 6.21. The molecule has 4 aromatic rings. The SMILES string of the molecule is COC(=O)c1cc(F)c(-c2cc(C(=O)c3c(Cl)cccc3Cl)n3ccccc23)c(F)c1. The number of ketones is 1. The summed E-state index contributed by atoms with van der Waals surface area (Å²) in [6, 6.07) is 12.8. The molecule has 2 aromatic heterocycles. The molecule has 0 atom stereocenters. The van der Waals surface area contributed by atoms with Gasteiger partial charge in [0.25, 0.3) is 0 Å². The zero-order valence-electron chi connectivity index (χ0n) is 16.0. The van der Waals surface area contributed by atoms with Gasteiger partial charge in [-0.25, -0.2) is 13.6 Å². The second kappa shape index (κ2) is 8.13. The maximum Gasteiger partial charge on any atom is 0.338 e. The number of methoxy groups -OCH3 is 1. The van der Waals surface area contributed by atoms with Gasteiger partial charge < -0.3 is 9.14 Å². The minimum atomic E-state index is -0.966. The van der Waals surface area contributed by atoms with Gasteiger partial charge in [-0.2, -0.15) is 0 Å². The fourth-order valence-corrected chi connectivity index (χ4v) is 4.01. The molecule has 8 heteroatoms. The van der Waals surface area contributed by atoms with Crippen LogP contribution in [0.5, 0.6) is 0 Å². The highest BCUT2D eigenvalue weighted by atomic mass is 35.5. The Labute approximate surface area is 185 Å². The normalized spacial score (nSPS) is 11.0. The van der Waals surface area contributed by atoms with Crippen molar-refractivity contribution in [2.24, 2.45) is 0 Å². The molecule has 0 unspecified atom stereocenters. The largest absolute Gasteiger partial charge is 0.465 e. The van der Waals surface area contributed by atoms with Gasteiger partial charge >= 0.3 is 5.97 Å². The Kier molecular flexibility index (Phi) is 5.52. The van der Waals surface area contributed by atoms with Gasteiger partial charge in [0.2, 0.25) is 5.78 Å². The Bertz CT molecular complexity index is 1320. The number of carbonyl (C=O) groups is 2. The van der Waals surface area contributed by atoms with Crippen LogP contribution in [0.3, 0.4) is 0 Å². The van der Waals surface area contributed by atoms with E-state index in [-0.39, 0.29) is 38.0 Å². The quantitative estimate of drug-likeness (QED) is 0.269. The molecule has 2 aromatic carbocycles. The van der Waals surface area contributed by atoms with Crippen molar-refractivity contribution in [1.29, 1.82) is 0 Å². The number of nitrogens with zero attached hydrogens (tertiary/aromatic N) is 1. The molecule has 0 aliphatic rings. The van der Waals surface area contributed by atoms with E-state index in [2.05, 4.69) is 4.74 Å². The lowest BCUT2D eigenvalue weighted by Gasteiger charge is -2.07. The van der Waals surface area contributed by atoms with Crippen molar-refractivity contribution in [3.8, 4) is 11.1 Å². The summed E-state index contributed by atoms with van der Waals surface area (Å²) in [5.41, 5.74) is 0.0971. The fourth-order valence-electron chi connectivity index (χ4n) is 3.44. The van der Waals surface area contributed by atoms with Crippen molar-refractivity contribution in [2.75, 3.05) is 7.11 Å². The van der Waals surface area contributed by atoms with Gasteiger partial charge in [-0.05, 0) is 42.5 Å². The van der Waals surface area contributed by atoms with Gasteiger partial charge in [-0.1, -0.05) is 35.3 Å². The number of halogens is 4. The van der Waals surface area contributed by atoms with Crippen LogP contribution in [0.2, 0.25) is 10.0 Å². The van der Waals surface area contributed by atoms with Gasteiger partial charge in [-0.3, -0.25) is 4.79 Å². The summed E-state index contributed by atoms with van der Waals surface area (Å²) < 4.78 is 35.8. The first-order valence-electron chi connectivity index (χ1n) is 9.00. The van der Waals surface area contributed by atoms with Crippen LogP contribution in [0.25, 0.3) is 16.6 Å². The third kappa shape index (κ3) is 3.58. The Balaban J connectivity index is 1.95. The maximum absolute atomic E-state index is 14.9. The number of ether oxygens (including phenoxy) is 1. The summed E-state index contributed by atoms with van der Waals surface area (Å²) >= 11 is 12.4. The monoisotopic (exact) mass is 459 g/mol. The molecule has 31 heavy (non-hydrogen) atoms. The average molecular weight is 460 g/mol. The Morgan fingerprint density at radius 1 is 0.935 bits per heavy atom. The van der Waals surface area contributed by atoms with Crippen molar-refractivity contribution >= 4 is 40.5 Å². The molecule has 0 amide bonds. The molecule has 0 spiro atoms. The lowest BCUT2D eigenvalue weighted by Crippen LogP contribution is -2.06. The smallest absolute Gasteiger partial charge is 0.338 e. The molecule has 0 saturated carbocycles. The molecule has 0 bridgehead atoms. The molecule has 0 radical (unpaired) electrons. The molecule has 4 rings (SSSR count). The van der Waals surface area contributed by atoms with E-state index in [1.54, 1.807) is 30.5 Å². The van der Waals surface area contributed by atoms with Crippen LogP contribution in [0.15, 0.2) is 60.8 Å². The third-order valence-electron chi connectivity index (χ3n) is 4.83. The lowest BCUT2D eigenvalue weighted by molar-refractivity contribution is 0.0599. The first-order chi connectivity index (χ1) is 14.8. The molecule has 0 N–H and O–H groups in total. The van der Waals surface area contributed by atoms with E-state index in [4.69, 9.17) is 23.2 Å². The second-order valence-corrected chi connectivity index (χ2v) is 7.45. The van der Waals surface area contributed by atoms with Crippen LogP contribution in [0.1, 0.15) is 26.4 Å². The number of pyridine rings is 1. The van der Waals surface area contributed by atoms with Gasteiger partial charge in [0.1, 0.15) is 11.6 Å². The van der Waals surface area contributed by atoms with E-state index >= 15 is 0 Å². The molecule has 0 aliphatic heterocycles.